The Hall–Kier alpha value is -2.61. The zero-order valence-corrected chi connectivity index (χ0v) is 14.0. The molecule has 5 heteroatoms. The summed E-state index contributed by atoms with van der Waals surface area (Å²) in [5, 5.41) is 12.8. The molecule has 24 heavy (non-hydrogen) atoms. The fraction of sp³-hybridized carbons (Fsp3) is 0.421. The molecule has 124 valence electrons. The van der Waals surface area contributed by atoms with E-state index in [0.717, 1.165) is 12.3 Å². The van der Waals surface area contributed by atoms with Crippen LogP contribution in [-0.2, 0) is 4.79 Å². The average molecular weight is 323 g/mol. The monoisotopic (exact) mass is 323 g/mol. The summed E-state index contributed by atoms with van der Waals surface area (Å²) < 4.78 is 5.36. The number of benzene rings is 1. The smallest absolute Gasteiger partial charge is 0.277 e. The van der Waals surface area contributed by atoms with Gasteiger partial charge < -0.3 is 4.74 Å². The van der Waals surface area contributed by atoms with Crippen molar-refractivity contribution in [2.24, 2.45) is 22.4 Å². The summed E-state index contributed by atoms with van der Waals surface area (Å²) in [5.74, 6) is 1.57. The molecule has 3 aliphatic carbocycles. The Balaban J connectivity index is 1.46. The van der Waals surface area contributed by atoms with E-state index in [1.165, 1.54) is 12.0 Å². The van der Waals surface area contributed by atoms with Gasteiger partial charge in [0.25, 0.3) is 5.91 Å². The van der Waals surface area contributed by atoms with Gasteiger partial charge in [0.1, 0.15) is 5.75 Å². The number of rotatable bonds is 5. The molecule has 0 heterocycles. The highest BCUT2D eigenvalue weighted by Gasteiger charge is 2.50. The number of nitrogens with one attached hydrogen (secondary N) is 1. The van der Waals surface area contributed by atoms with Crippen molar-refractivity contribution in [2.45, 2.75) is 26.7 Å². The van der Waals surface area contributed by atoms with Crippen LogP contribution in [0.1, 0.15) is 32.3 Å². The number of nitrogens with zero attached hydrogens (tertiary/aromatic N) is 2. The van der Waals surface area contributed by atoms with Crippen molar-refractivity contribution in [3.63, 3.8) is 0 Å². The standard InChI is InChI=1S/C19H21N3O2/c1-19(2)15-6-5-14(17(19)9-15)11-21-22-18(23)12-24-16-7-3-13(10-20)4-8-16/h3-5,7-8,11,15,17H,6,9,12H2,1-2H3,(H,22,23)/b21-11-/t15-,17-/m0/s1. The van der Waals surface area contributed by atoms with Crippen LogP contribution >= 0.6 is 0 Å². The molecule has 0 radical (unpaired) electrons. The van der Waals surface area contributed by atoms with Crippen molar-refractivity contribution >= 4 is 12.1 Å². The van der Waals surface area contributed by atoms with Crippen molar-refractivity contribution in [2.75, 3.05) is 6.61 Å². The first-order chi connectivity index (χ1) is 11.5. The van der Waals surface area contributed by atoms with Gasteiger partial charge in [-0.3, -0.25) is 4.79 Å². The van der Waals surface area contributed by atoms with Crippen molar-refractivity contribution in [1.82, 2.24) is 5.43 Å². The quantitative estimate of drug-likeness (QED) is 0.668. The average Bonchev–Trinajstić information content (AvgIpc) is 2.60. The maximum atomic E-state index is 11.8. The first-order valence-electron chi connectivity index (χ1n) is 8.15. The molecule has 1 amide bonds. The summed E-state index contributed by atoms with van der Waals surface area (Å²) in [5.41, 5.74) is 4.62. The lowest BCUT2D eigenvalue weighted by Crippen LogP contribution is -2.48. The highest BCUT2D eigenvalue weighted by molar-refractivity contribution is 5.83. The molecule has 4 rings (SSSR count). The minimum Gasteiger partial charge on any atom is -0.484 e. The van der Waals surface area contributed by atoms with Crippen LogP contribution in [0.2, 0.25) is 0 Å². The second-order valence-electron chi connectivity index (χ2n) is 6.96. The number of hydrazone groups is 1. The van der Waals surface area contributed by atoms with Crippen LogP contribution in [0.5, 0.6) is 5.75 Å². The fourth-order valence-electron chi connectivity index (χ4n) is 3.53. The predicted molar refractivity (Wildman–Crippen MR) is 91.4 cm³/mol. The molecule has 1 aromatic carbocycles. The largest absolute Gasteiger partial charge is 0.484 e. The summed E-state index contributed by atoms with van der Waals surface area (Å²) in [4.78, 5) is 11.8. The molecule has 0 aromatic heterocycles. The Morgan fingerprint density at radius 2 is 2.21 bits per heavy atom. The van der Waals surface area contributed by atoms with E-state index in [1.807, 2.05) is 6.07 Å². The topological polar surface area (TPSA) is 74.5 Å². The maximum Gasteiger partial charge on any atom is 0.277 e. The van der Waals surface area contributed by atoms with E-state index in [1.54, 1.807) is 30.5 Å². The van der Waals surface area contributed by atoms with Gasteiger partial charge in [-0.15, -0.1) is 0 Å². The van der Waals surface area contributed by atoms with E-state index >= 15 is 0 Å². The maximum absolute atomic E-state index is 11.8. The van der Waals surface area contributed by atoms with Gasteiger partial charge in [-0.1, -0.05) is 19.9 Å². The first-order valence-corrected chi connectivity index (χ1v) is 8.15. The van der Waals surface area contributed by atoms with Gasteiger partial charge >= 0.3 is 0 Å². The second-order valence-corrected chi connectivity index (χ2v) is 6.96. The van der Waals surface area contributed by atoms with Crippen molar-refractivity contribution in [3.05, 3.63) is 41.5 Å². The molecule has 3 aliphatic rings. The van der Waals surface area contributed by atoms with E-state index in [9.17, 15) is 4.79 Å². The third kappa shape index (κ3) is 3.18. The molecule has 5 nitrogen and oxygen atoms in total. The lowest BCUT2D eigenvalue weighted by Gasteiger charge is -2.55. The van der Waals surface area contributed by atoms with Crippen LogP contribution in [0.4, 0.5) is 0 Å². The van der Waals surface area contributed by atoms with E-state index in [0.29, 0.717) is 22.6 Å². The number of carbonyl (C=O) groups excluding carboxylic acids is 1. The van der Waals surface area contributed by atoms with Crippen molar-refractivity contribution in [1.29, 1.82) is 5.26 Å². The lowest BCUT2D eigenvalue weighted by atomic mass is 9.49. The molecule has 1 N–H and O–H groups in total. The normalized spacial score (nSPS) is 23.8. The number of hydrogen-bond donors (Lipinski definition) is 1. The molecule has 1 saturated carbocycles. The van der Waals surface area contributed by atoms with Gasteiger partial charge in [0.15, 0.2) is 6.61 Å². The van der Waals surface area contributed by atoms with Crippen LogP contribution in [0.25, 0.3) is 0 Å². The Bertz CT molecular complexity index is 726. The van der Waals surface area contributed by atoms with Gasteiger partial charge in [-0.25, -0.2) is 5.43 Å². The summed E-state index contributed by atoms with van der Waals surface area (Å²) in [6, 6.07) is 8.65. The van der Waals surface area contributed by atoms with E-state index in [-0.39, 0.29) is 12.5 Å². The summed E-state index contributed by atoms with van der Waals surface area (Å²) in [6.07, 6.45) is 6.32. The molecule has 2 atom stereocenters. The number of fused-ring (bicyclic) bond motifs is 1. The Morgan fingerprint density at radius 3 is 2.83 bits per heavy atom. The van der Waals surface area contributed by atoms with Gasteiger partial charge in [0, 0.05) is 0 Å². The van der Waals surface area contributed by atoms with Crippen LogP contribution in [-0.4, -0.2) is 18.7 Å². The molecule has 0 saturated heterocycles. The van der Waals surface area contributed by atoms with Crippen LogP contribution < -0.4 is 10.2 Å². The number of nitriles is 1. The van der Waals surface area contributed by atoms with Gasteiger partial charge in [-0.05, 0) is 59.9 Å². The molecule has 0 aliphatic heterocycles. The number of amides is 1. The molecule has 1 aromatic rings. The molecular formula is C19H21N3O2. The highest BCUT2D eigenvalue weighted by Crippen LogP contribution is 2.58. The van der Waals surface area contributed by atoms with Crippen molar-refractivity contribution in [3.8, 4) is 11.8 Å². The number of carbonyl (C=O) groups is 1. The fourth-order valence-corrected chi connectivity index (χ4v) is 3.53. The Morgan fingerprint density at radius 1 is 1.46 bits per heavy atom. The third-order valence-electron chi connectivity index (χ3n) is 5.27. The highest BCUT2D eigenvalue weighted by atomic mass is 16.5. The minimum atomic E-state index is -0.308. The first kappa shape index (κ1) is 16.3. The molecule has 1 fully saturated rings. The number of ether oxygens (including phenoxy) is 1. The van der Waals surface area contributed by atoms with E-state index in [2.05, 4.69) is 30.5 Å². The lowest BCUT2D eigenvalue weighted by molar-refractivity contribution is -0.123. The second kappa shape index (κ2) is 6.48. The number of allylic oxidation sites excluding steroid dienone is 2. The molecule has 2 bridgehead atoms. The Kier molecular flexibility index (Phi) is 4.39. The predicted octanol–water partition coefficient (Wildman–Crippen LogP) is 3.03. The van der Waals surface area contributed by atoms with Gasteiger partial charge in [0.2, 0.25) is 0 Å². The summed E-state index contributed by atoms with van der Waals surface area (Å²) >= 11 is 0. The summed E-state index contributed by atoms with van der Waals surface area (Å²) in [6.45, 7) is 4.49. The third-order valence-corrected chi connectivity index (χ3v) is 5.27. The minimum absolute atomic E-state index is 0.112. The van der Waals surface area contributed by atoms with E-state index in [4.69, 9.17) is 10.00 Å². The molecular weight excluding hydrogens is 302 g/mol. The SMILES string of the molecule is CC1(C)[C@H]2CC=C(/C=N\NC(=O)COc3ccc(C#N)cc3)[C@@H]1C2. The van der Waals surface area contributed by atoms with Crippen LogP contribution in [0, 0.1) is 28.6 Å². The van der Waals surface area contributed by atoms with Gasteiger partial charge in [-0.2, -0.15) is 10.4 Å². The Labute approximate surface area is 142 Å². The molecule has 0 unspecified atom stereocenters. The zero-order chi connectivity index (χ0) is 17.2. The van der Waals surface area contributed by atoms with Crippen LogP contribution in [0.15, 0.2) is 41.0 Å². The van der Waals surface area contributed by atoms with E-state index < -0.39 is 0 Å². The molecule has 0 spiro atoms. The van der Waals surface area contributed by atoms with Crippen molar-refractivity contribution < 1.29 is 9.53 Å². The van der Waals surface area contributed by atoms with Crippen LogP contribution in [0.3, 0.4) is 0 Å². The zero-order valence-electron chi connectivity index (χ0n) is 14.0. The number of hydrogen-bond acceptors (Lipinski definition) is 4. The van der Waals surface area contributed by atoms with Gasteiger partial charge in [0.05, 0.1) is 17.8 Å². The summed E-state index contributed by atoms with van der Waals surface area (Å²) in [7, 11) is 0.